The second-order valence-electron chi connectivity index (χ2n) is 2.38. The van der Waals surface area contributed by atoms with E-state index in [0.29, 0.717) is 0 Å². The average Bonchev–Trinajstić information content (AvgIpc) is 2.03. The summed E-state index contributed by atoms with van der Waals surface area (Å²) in [7, 11) is 0. The third-order valence-electron chi connectivity index (χ3n) is 1.27. The zero-order chi connectivity index (χ0) is 8.10. The molecule has 0 fully saturated rings. The Balaban J connectivity index is 2.65. The molecule has 0 spiro atoms. The van der Waals surface area contributed by atoms with Crippen LogP contribution in [0.25, 0.3) is 6.08 Å². The van der Waals surface area contributed by atoms with Crippen LogP contribution in [-0.4, -0.2) is 16.2 Å². The Bertz CT molecular complexity index is 229. The summed E-state index contributed by atoms with van der Waals surface area (Å²) >= 11 is 0. The highest BCUT2D eigenvalue weighted by Gasteiger charge is 1.86. The smallest absolute Gasteiger partial charge is 0.0696 e. The first-order chi connectivity index (χ1) is 5.29. The lowest BCUT2D eigenvalue weighted by atomic mass is 10.2. The van der Waals surface area contributed by atoms with Crippen LogP contribution < -0.4 is 0 Å². The Morgan fingerprint density at radius 1 is 1.45 bits per heavy atom. The first-order valence-electron chi connectivity index (χ1n) is 3.55. The van der Waals surface area contributed by atoms with E-state index in [9.17, 15) is 0 Å². The molecule has 2 heteroatoms. The lowest BCUT2D eigenvalue weighted by Gasteiger charge is -1.93. The van der Waals surface area contributed by atoms with Gasteiger partial charge < -0.3 is 5.11 Å². The second kappa shape index (κ2) is 3.88. The molecular formula is C9H11NO. The quantitative estimate of drug-likeness (QED) is 0.690. The summed E-state index contributed by atoms with van der Waals surface area (Å²) in [4.78, 5) is 3.88. The van der Waals surface area contributed by atoms with Crippen LogP contribution in [0, 0.1) is 0 Å². The predicted molar refractivity (Wildman–Crippen MR) is 45.0 cm³/mol. The summed E-state index contributed by atoms with van der Waals surface area (Å²) in [5, 5.41) is 8.91. The third-order valence-corrected chi connectivity index (χ3v) is 1.27. The molecule has 1 atom stereocenters. The Morgan fingerprint density at radius 2 is 2.09 bits per heavy atom. The van der Waals surface area contributed by atoms with E-state index in [-0.39, 0.29) is 6.10 Å². The molecule has 0 saturated carbocycles. The van der Waals surface area contributed by atoms with Crippen molar-refractivity contribution >= 4 is 6.08 Å². The molecule has 0 saturated heterocycles. The Kier molecular flexibility index (Phi) is 2.81. The maximum atomic E-state index is 8.91. The number of nitrogens with zero attached hydrogens (tertiary/aromatic N) is 1. The monoisotopic (exact) mass is 149 g/mol. The van der Waals surface area contributed by atoms with Crippen molar-refractivity contribution in [2.45, 2.75) is 13.0 Å². The third kappa shape index (κ3) is 2.96. The van der Waals surface area contributed by atoms with Gasteiger partial charge >= 0.3 is 0 Å². The Morgan fingerprint density at radius 3 is 2.64 bits per heavy atom. The zero-order valence-electron chi connectivity index (χ0n) is 6.44. The molecule has 1 aromatic heterocycles. The van der Waals surface area contributed by atoms with Gasteiger partial charge in [0.15, 0.2) is 0 Å². The van der Waals surface area contributed by atoms with E-state index < -0.39 is 0 Å². The molecule has 0 unspecified atom stereocenters. The molecule has 0 amide bonds. The van der Waals surface area contributed by atoms with E-state index in [1.807, 2.05) is 18.2 Å². The minimum atomic E-state index is -0.386. The topological polar surface area (TPSA) is 33.1 Å². The number of hydrogen-bond acceptors (Lipinski definition) is 2. The van der Waals surface area contributed by atoms with E-state index in [1.165, 1.54) is 0 Å². The largest absolute Gasteiger partial charge is 0.389 e. The fraction of sp³-hybridized carbons (Fsp3) is 0.222. The molecule has 1 N–H and O–H groups in total. The van der Waals surface area contributed by atoms with E-state index >= 15 is 0 Å². The fourth-order valence-electron chi connectivity index (χ4n) is 0.725. The van der Waals surface area contributed by atoms with Crippen molar-refractivity contribution in [2.24, 2.45) is 0 Å². The number of aliphatic hydroxyl groups is 1. The van der Waals surface area contributed by atoms with Crippen molar-refractivity contribution in [3.63, 3.8) is 0 Å². The normalized spacial score (nSPS) is 13.6. The SMILES string of the molecule is C[C@H](O)/C=C/c1ccncc1. The molecule has 0 aliphatic carbocycles. The molecule has 0 aromatic carbocycles. The van der Waals surface area contributed by atoms with E-state index in [0.717, 1.165) is 5.56 Å². The maximum Gasteiger partial charge on any atom is 0.0696 e. The molecule has 11 heavy (non-hydrogen) atoms. The van der Waals surface area contributed by atoms with E-state index in [2.05, 4.69) is 4.98 Å². The van der Waals surface area contributed by atoms with Gasteiger partial charge in [-0.2, -0.15) is 0 Å². The Hall–Kier alpha value is -1.15. The second-order valence-corrected chi connectivity index (χ2v) is 2.38. The summed E-state index contributed by atoms with van der Waals surface area (Å²) in [5.41, 5.74) is 1.06. The molecule has 0 radical (unpaired) electrons. The summed E-state index contributed by atoms with van der Waals surface area (Å²) in [5.74, 6) is 0. The van der Waals surface area contributed by atoms with Gasteiger partial charge in [-0.05, 0) is 24.6 Å². The van der Waals surface area contributed by atoms with Gasteiger partial charge in [0.25, 0.3) is 0 Å². The van der Waals surface area contributed by atoms with Crippen LogP contribution >= 0.6 is 0 Å². The minimum absolute atomic E-state index is 0.386. The van der Waals surface area contributed by atoms with Gasteiger partial charge in [0.2, 0.25) is 0 Å². The number of hydrogen-bond donors (Lipinski definition) is 1. The number of rotatable bonds is 2. The van der Waals surface area contributed by atoms with Gasteiger partial charge in [0.05, 0.1) is 6.10 Å². The number of pyridine rings is 1. The van der Waals surface area contributed by atoms with Crippen LogP contribution in [0.3, 0.4) is 0 Å². The highest BCUT2D eigenvalue weighted by Crippen LogP contribution is 1.99. The van der Waals surface area contributed by atoms with Crippen LogP contribution in [0.15, 0.2) is 30.6 Å². The van der Waals surface area contributed by atoms with Gasteiger partial charge in [-0.15, -0.1) is 0 Å². The van der Waals surface area contributed by atoms with Crippen molar-refractivity contribution in [2.75, 3.05) is 0 Å². The summed E-state index contributed by atoms with van der Waals surface area (Å²) < 4.78 is 0. The molecule has 1 aromatic rings. The summed E-state index contributed by atoms with van der Waals surface area (Å²) in [6.45, 7) is 1.72. The minimum Gasteiger partial charge on any atom is -0.389 e. The zero-order valence-corrected chi connectivity index (χ0v) is 6.44. The van der Waals surface area contributed by atoms with Gasteiger partial charge in [0.1, 0.15) is 0 Å². The first kappa shape index (κ1) is 7.95. The van der Waals surface area contributed by atoms with E-state index in [4.69, 9.17) is 5.11 Å². The molecule has 1 heterocycles. The standard InChI is InChI=1S/C9H11NO/c1-8(11)2-3-9-4-6-10-7-5-9/h2-8,11H,1H3/b3-2+/t8-/m0/s1. The molecule has 0 aliphatic heterocycles. The molecule has 58 valence electrons. The number of aromatic nitrogens is 1. The molecular weight excluding hydrogens is 138 g/mol. The van der Waals surface area contributed by atoms with Gasteiger partial charge in [-0.25, -0.2) is 0 Å². The van der Waals surface area contributed by atoms with Crippen molar-refractivity contribution in [3.8, 4) is 0 Å². The van der Waals surface area contributed by atoms with Crippen molar-refractivity contribution in [3.05, 3.63) is 36.2 Å². The lowest BCUT2D eigenvalue weighted by molar-refractivity contribution is 0.245. The van der Waals surface area contributed by atoms with Crippen LogP contribution in [-0.2, 0) is 0 Å². The van der Waals surface area contributed by atoms with Gasteiger partial charge in [-0.1, -0.05) is 12.2 Å². The van der Waals surface area contributed by atoms with Crippen LogP contribution in [0.4, 0.5) is 0 Å². The molecule has 0 aliphatic rings. The maximum absolute atomic E-state index is 8.91. The van der Waals surface area contributed by atoms with Gasteiger partial charge in [0, 0.05) is 12.4 Å². The van der Waals surface area contributed by atoms with Crippen LogP contribution in [0.1, 0.15) is 12.5 Å². The van der Waals surface area contributed by atoms with Crippen molar-refractivity contribution in [1.29, 1.82) is 0 Å². The first-order valence-corrected chi connectivity index (χ1v) is 3.55. The summed E-state index contributed by atoms with van der Waals surface area (Å²) in [6.07, 6.45) is 6.66. The lowest BCUT2D eigenvalue weighted by Crippen LogP contribution is -1.91. The average molecular weight is 149 g/mol. The molecule has 0 bridgehead atoms. The van der Waals surface area contributed by atoms with Crippen LogP contribution in [0.2, 0.25) is 0 Å². The fourth-order valence-corrected chi connectivity index (χ4v) is 0.725. The highest BCUT2D eigenvalue weighted by molar-refractivity contribution is 5.48. The highest BCUT2D eigenvalue weighted by atomic mass is 16.3. The van der Waals surface area contributed by atoms with Gasteiger partial charge in [-0.3, -0.25) is 4.98 Å². The molecule has 2 nitrogen and oxygen atoms in total. The van der Waals surface area contributed by atoms with Crippen molar-refractivity contribution < 1.29 is 5.11 Å². The predicted octanol–water partition coefficient (Wildman–Crippen LogP) is 1.48. The summed E-state index contributed by atoms with van der Waals surface area (Å²) in [6, 6.07) is 3.78. The van der Waals surface area contributed by atoms with Crippen LogP contribution in [0.5, 0.6) is 0 Å². The number of aliphatic hydroxyl groups excluding tert-OH is 1. The molecule has 1 rings (SSSR count). The van der Waals surface area contributed by atoms with Crippen molar-refractivity contribution in [1.82, 2.24) is 4.98 Å². The Labute approximate surface area is 66.2 Å². The van der Waals surface area contributed by atoms with E-state index in [1.54, 1.807) is 25.4 Å².